The van der Waals surface area contributed by atoms with Gasteiger partial charge < -0.3 is 19.1 Å². The van der Waals surface area contributed by atoms with Crippen LogP contribution < -0.4 is 10.6 Å². The number of likely N-dealkylation sites (tertiary alicyclic amines) is 1. The Morgan fingerprint density at radius 1 is 0.971 bits per heavy atom. The van der Waals surface area contributed by atoms with E-state index in [1.165, 1.54) is 6.08 Å². The van der Waals surface area contributed by atoms with Gasteiger partial charge in [-0.1, -0.05) is 12.1 Å². The van der Waals surface area contributed by atoms with Crippen LogP contribution in [0.1, 0.15) is 39.3 Å². The van der Waals surface area contributed by atoms with E-state index in [4.69, 9.17) is 14.2 Å². The van der Waals surface area contributed by atoms with Crippen molar-refractivity contribution in [2.24, 2.45) is 0 Å². The summed E-state index contributed by atoms with van der Waals surface area (Å²) in [5.41, 5.74) is 1.58. The molecule has 1 aliphatic carbocycles. The van der Waals surface area contributed by atoms with Crippen molar-refractivity contribution < 1.29 is 28.6 Å². The zero-order valence-electron chi connectivity index (χ0n) is 20.0. The van der Waals surface area contributed by atoms with Gasteiger partial charge in [0.2, 0.25) is 0 Å². The lowest BCUT2D eigenvalue weighted by molar-refractivity contribution is -0.120. The second-order valence-electron chi connectivity index (χ2n) is 8.37. The van der Waals surface area contributed by atoms with E-state index in [-0.39, 0.29) is 29.7 Å². The Bertz CT molecular complexity index is 1270. The second-order valence-corrected chi connectivity index (χ2v) is 8.37. The molecule has 1 aliphatic heterocycles. The Morgan fingerprint density at radius 2 is 1.66 bits per heavy atom. The predicted molar refractivity (Wildman–Crippen MR) is 130 cm³/mol. The van der Waals surface area contributed by atoms with Crippen molar-refractivity contribution in [1.82, 2.24) is 9.88 Å². The van der Waals surface area contributed by atoms with Gasteiger partial charge in [0.15, 0.2) is 5.78 Å². The summed E-state index contributed by atoms with van der Waals surface area (Å²) in [7, 11) is 4.78. The standard InChI is InChI=1S/C27H28N2O6/c1-33-24-16-22-21(25(34-2)26(24)35-3)10-8-19(28-22)9-11-23(31)17-4-6-18(7-5-17)27(32)29-14-12-20(30)13-15-29/h4-11,16,24,26H,12-15H2,1-3H3. The summed E-state index contributed by atoms with van der Waals surface area (Å²) >= 11 is 0. The van der Waals surface area contributed by atoms with Gasteiger partial charge in [0, 0.05) is 56.5 Å². The lowest BCUT2D eigenvalue weighted by Crippen LogP contribution is -2.45. The average Bonchev–Trinajstić information content (AvgIpc) is 2.90. The van der Waals surface area contributed by atoms with Crippen molar-refractivity contribution in [2.45, 2.75) is 25.0 Å². The van der Waals surface area contributed by atoms with Gasteiger partial charge in [0.05, 0.1) is 18.2 Å². The number of hydrogen-bond acceptors (Lipinski definition) is 7. The number of piperidine rings is 1. The van der Waals surface area contributed by atoms with Gasteiger partial charge in [-0.2, -0.15) is 0 Å². The number of methoxy groups -OCH3 is 3. The maximum Gasteiger partial charge on any atom is 0.253 e. The van der Waals surface area contributed by atoms with E-state index in [1.54, 1.807) is 62.6 Å². The molecular weight excluding hydrogens is 448 g/mol. The minimum absolute atomic E-state index is 0.126. The largest absolute Gasteiger partial charge is 0.498 e. The molecule has 2 atom stereocenters. The molecule has 0 bridgehead atoms. The van der Waals surface area contributed by atoms with E-state index in [0.717, 1.165) is 5.22 Å². The first-order valence-electron chi connectivity index (χ1n) is 11.4. The fraction of sp³-hybridized carbons (Fsp3) is 0.333. The number of carbonyl (C=O) groups is 3. The van der Waals surface area contributed by atoms with Crippen LogP contribution in [-0.2, 0) is 19.0 Å². The van der Waals surface area contributed by atoms with Crippen LogP contribution in [0.25, 0.3) is 17.9 Å². The molecule has 2 heterocycles. The summed E-state index contributed by atoms with van der Waals surface area (Å²) in [4.78, 5) is 43.0. The molecule has 1 aromatic carbocycles. The smallest absolute Gasteiger partial charge is 0.253 e. The zero-order valence-corrected chi connectivity index (χ0v) is 20.0. The molecule has 8 nitrogen and oxygen atoms in total. The maximum atomic E-state index is 12.7. The summed E-state index contributed by atoms with van der Waals surface area (Å²) in [5.74, 6) is 0.498. The Morgan fingerprint density at radius 3 is 2.29 bits per heavy atom. The van der Waals surface area contributed by atoms with E-state index in [1.807, 2.05) is 12.1 Å². The van der Waals surface area contributed by atoms with Gasteiger partial charge in [-0.25, -0.2) is 4.98 Å². The van der Waals surface area contributed by atoms with Crippen LogP contribution in [0.2, 0.25) is 0 Å². The van der Waals surface area contributed by atoms with Gasteiger partial charge in [-0.05, 0) is 42.5 Å². The summed E-state index contributed by atoms with van der Waals surface area (Å²) in [6, 6.07) is 10.2. The number of Topliss-reactive ketones (excluding diaryl/α,β-unsaturated/α-hetero) is 1. The highest BCUT2D eigenvalue weighted by molar-refractivity contribution is 6.07. The lowest BCUT2D eigenvalue weighted by atomic mass is 10.0. The first kappa shape index (κ1) is 24.5. The van der Waals surface area contributed by atoms with Crippen molar-refractivity contribution in [1.29, 1.82) is 0 Å². The highest BCUT2D eigenvalue weighted by Crippen LogP contribution is 2.17. The van der Waals surface area contributed by atoms with E-state index in [9.17, 15) is 14.4 Å². The Hall–Kier alpha value is -3.62. The number of carbonyl (C=O) groups excluding carboxylic acids is 3. The molecule has 8 heteroatoms. The Balaban J connectivity index is 1.49. The summed E-state index contributed by atoms with van der Waals surface area (Å²) < 4.78 is 16.6. The highest BCUT2D eigenvalue weighted by Gasteiger charge is 2.28. The van der Waals surface area contributed by atoms with Crippen molar-refractivity contribution in [3.05, 3.63) is 69.9 Å². The number of ketones is 2. The number of aromatic nitrogens is 1. The van der Waals surface area contributed by atoms with Crippen LogP contribution in [0.5, 0.6) is 0 Å². The number of allylic oxidation sites excluding steroid dienone is 1. The molecule has 0 saturated carbocycles. The first-order chi connectivity index (χ1) is 16.9. The molecule has 2 unspecified atom stereocenters. The topological polar surface area (TPSA) is 95.0 Å². The molecule has 2 aromatic rings. The van der Waals surface area contributed by atoms with Crippen LogP contribution in [0, 0.1) is 0 Å². The average molecular weight is 477 g/mol. The molecular formula is C27H28N2O6. The number of hydrogen-bond donors (Lipinski definition) is 0. The van der Waals surface area contributed by atoms with Crippen molar-refractivity contribution in [3.8, 4) is 0 Å². The number of pyridine rings is 1. The van der Waals surface area contributed by atoms with Crippen LogP contribution in [0.3, 0.4) is 0 Å². The Kier molecular flexibility index (Phi) is 7.53. The number of ether oxygens (including phenoxy) is 3. The minimum atomic E-state index is -0.366. The van der Waals surface area contributed by atoms with Crippen LogP contribution >= 0.6 is 0 Å². The van der Waals surface area contributed by atoms with Crippen LogP contribution in [-0.4, -0.2) is 74.0 Å². The third kappa shape index (κ3) is 5.23. The van der Waals surface area contributed by atoms with E-state index in [2.05, 4.69) is 4.98 Å². The summed E-state index contributed by atoms with van der Waals surface area (Å²) in [5, 5.41) is 1.51. The summed E-state index contributed by atoms with van der Waals surface area (Å²) in [6.45, 7) is 0.875. The number of rotatable bonds is 7. The quantitative estimate of drug-likeness (QED) is 0.440. The zero-order chi connectivity index (χ0) is 24.9. The predicted octanol–water partition coefficient (Wildman–Crippen LogP) is 1.36. The van der Waals surface area contributed by atoms with Crippen LogP contribution in [0.15, 0.2) is 42.5 Å². The SMILES string of the molecule is COC1=c2ccc(C=CC(=O)c3ccc(C(=O)N4CCC(=O)CC4)cc3)nc2=CC(OC)C1OC. The third-order valence-corrected chi connectivity index (χ3v) is 6.27. The van der Waals surface area contributed by atoms with Gasteiger partial charge >= 0.3 is 0 Å². The molecule has 1 saturated heterocycles. The molecule has 1 aromatic heterocycles. The van der Waals surface area contributed by atoms with Gasteiger partial charge in [0.25, 0.3) is 5.91 Å². The lowest BCUT2D eigenvalue weighted by Gasteiger charge is -2.26. The van der Waals surface area contributed by atoms with Crippen molar-refractivity contribution in [2.75, 3.05) is 34.4 Å². The number of benzene rings is 1. The molecule has 1 fully saturated rings. The van der Waals surface area contributed by atoms with E-state index >= 15 is 0 Å². The van der Waals surface area contributed by atoms with E-state index in [0.29, 0.717) is 53.9 Å². The van der Waals surface area contributed by atoms with Gasteiger partial charge in [-0.3, -0.25) is 14.4 Å². The summed E-state index contributed by atoms with van der Waals surface area (Å²) in [6.07, 6.45) is 5.06. The third-order valence-electron chi connectivity index (χ3n) is 6.27. The highest BCUT2D eigenvalue weighted by atomic mass is 16.6. The molecule has 4 rings (SSSR count). The molecule has 1 amide bonds. The normalized spacial score (nSPS) is 19.9. The van der Waals surface area contributed by atoms with Crippen molar-refractivity contribution in [3.63, 3.8) is 0 Å². The molecule has 0 spiro atoms. The molecule has 0 radical (unpaired) electrons. The second kappa shape index (κ2) is 10.8. The maximum absolute atomic E-state index is 12.7. The number of fused-ring (bicyclic) bond motifs is 1. The van der Waals surface area contributed by atoms with E-state index < -0.39 is 0 Å². The monoisotopic (exact) mass is 476 g/mol. The fourth-order valence-corrected chi connectivity index (χ4v) is 4.30. The minimum Gasteiger partial charge on any atom is -0.498 e. The van der Waals surface area contributed by atoms with Gasteiger partial charge in [0.1, 0.15) is 23.8 Å². The molecule has 0 N–H and O–H groups in total. The molecule has 35 heavy (non-hydrogen) atoms. The van der Waals surface area contributed by atoms with Gasteiger partial charge in [-0.15, -0.1) is 0 Å². The first-order valence-corrected chi connectivity index (χ1v) is 11.4. The Labute approximate surface area is 203 Å². The molecule has 2 aliphatic rings. The number of nitrogens with zero attached hydrogens (tertiary/aromatic N) is 2. The molecule has 182 valence electrons. The van der Waals surface area contributed by atoms with Crippen LogP contribution in [0.4, 0.5) is 0 Å². The van der Waals surface area contributed by atoms with Crippen molar-refractivity contribution >= 4 is 35.4 Å². The fourth-order valence-electron chi connectivity index (χ4n) is 4.30. The number of amides is 1.